The van der Waals surface area contributed by atoms with E-state index in [1.165, 1.54) is 0 Å². The third-order valence-corrected chi connectivity index (χ3v) is 5.53. The van der Waals surface area contributed by atoms with Crippen LogP contribution in [0.3, 0.4) is 0 Å². The first-order chi connectivity index (χ1) is 9.63. The van der Waals surface area contributed by atoms with Crippen LogP contribution in [0, 0.1) is 0 Å². The molecule has 20 heavy (non-hydrogen) atoms. The summed E-state index contributed by atoms with van der Waals surface area (Å²) < 4.78 is 31.8. The summed E-state index contributed by atoms with van der Waals surface area (Å²) in [6.07, 6.45) is 0.771. The summed E-state index contributed by atoms with van der Waals surface area (Å²) in [7, 11) is -5.07. The molecule has 2 N–H and O–H groups in total. The second-order valence-corrected chi connectivity index (χ2v) is 7.64. The van der Waals surface area contributed by atoms with E-state index >= 15 is 0 Å². The van der Waals surface area contributed by atoms with E-state index in [0.717, 1.165) is 0 Å². The lowest BCUT2D eigenvalue weighted by Gasteiger charge is -2.27. The van der Waals surface area contributed by atoms with Crippen LogP contribution in [0.2, 0.25) is 0 Å². The van der Waals surface area contributed by atoms with Gasteiger partial charge in [0.2, 0.25) is 0 Å². The van der Waals surface area contributed by atoms with Crippen LogP contribution in [0.1, 0.15) is 0 Å². The van der Waals surface area contributed by atoms with Crippen molar-refractivity contribution in [2.45, 2.75) is 0 Å². The molecule has 0 aliphatic carbocycles. The minimum absolute atomic E-state index is 0.133. The summed E-state index contributed by atoms with van der Waals surface area (Å²) in [4.78, 5) is 22.3. The highest BCUT2D eigenvalue weighted by atomic mass is 31.2. The van der Waals surface area contributed by atoms with Gasteiger partial charge in [0.15, 0.2) is 30.2 Å². The van der Waals surface area contributed by atoms with Gasteiger partial charge in [0, 0.05) is 17.7 Å². The molecular weight excluding hydrogens is 329 g/mol. The molecule has 0 radical (unpaired) electrons. The van der Waals surface area contributed by atoms with Crippen LogP contribution < -0.4 is 0 Å². The normalized spacial score (nSPS) is 30.4. The third-order valence-electron chi connectivity index (χ3n) is 2.63. The lowest BCUT2D eigenvalue weighted by molar-refractivity contribution is 0.0654. The fourth-order valence-corrected chi connectivity index (χ4v) is 4.09. The summed E-state index contributed by atoms with van der Waals surface area (Å²) in [5.74, 6) is 0. The molecule has 12 heteroatoms. The molecule has 0 aromatic rings. The molecule has 2 saturated heterocycles. The lowest BCUT2D eigenvalue weighted by atomic mass is 10.6. The monoisotopic (exact) mass is 347 g/mol. The zero-order valence-corrected chi connectivity index (χ0v) is 13.5. The van der Waals surface area contributed by atoms with Gasteiger partial charge >= 0.3 is 8.25 Å². The summed E-state index contributed by atoms with van der Waals surface area (Å²) in [5, 5.41) is 0. The molecule has 0 aromatic carbocycles. The zero-order chi connectivity index (χ0) is 14.4. The van der Waals surface area contributed by atoms with Gasteiger partial charge in [0.25, 0.3) is 0 Å². The Kier molecular flexibility index (Phi) is 7.59. The fraction of sp³-hybridized carbons (Fsp3) is 1.00. The Bertz CT molecular complexity index is 298. The average Bonchev–Trinajstić information content (AvgIpc) is 2.43. The number of nitrogens with zero attached hydrogens (tertiary/aromatic N) is 2. The average molecular weight is 347 g/mol. The van der Waals surface area contributed by atoms with Crippen molar-refractivity contribution in [3.05, 3.63) is 0 Å². The van der Waals surface area contributed by atoms with E-state index in [1.54, 1.807) is 0 Å². The molecule has 2 fully saturated rings. The van der Waals surface area contributed by atoms with Gasteiger partial charge in [-0.15, -0.1) is 9.05 Å². The van der Waals surface area contributed by atoms with Crippen molar-refractivity contribution in [1.29, 1.82) is 0 Å². The first-order valence-electron chi connectivity index (χ1n) is 6.00. The van der Waals surface area contributed by atoms with Crippen molar-refractivity contribution >= 4 is 25.0 Å². The van der Waals surface area contributed by atoms with E-state index in [9.17, 15) is 14.4 Å². The maximum atomic E-state index is 11.6. The predicted octanol–water partition coefficient (Wildman–Crippen LogP) is 0.780. The number of rotatable bonds is 6. The van der Waals surface area contributed by atoms with Crippen LogP contribution in [-0.4, -0.2) is 71.9 Å². The van der Waals surface area contributed by atoms with Gasteiger partial charge in [-0.3, -0.25) is 9.80 Å². The first-order valence-corrected chi connectivity index (χ1v) is 9.89. The molecule has 2 aliphatic rings. The Balaban J connectivity index is 1.58. The molecular formula is C8H18N2O7P3+. The first kappa shape index (κ1) is 17.0. The van der Waals surface area contributed by atoms with E-state index in [0.29, 0.717) is 38.9 Å². The van der Waals surface area contributed by atoms with Gasteiger partial charge in [-0.05, 0) is 0 Å². The van der Waals surface area contributed by atoms with Gasteiger partial charge in [0.1, 0.15) is 0 Å². The molecule has 116 valence electrons. The minimum atomic E-state index is -2.22. The third kappa shape index (κ3) is 6.18. The van der Waals surface area contributed by atoms with Crippen LogP contribution >= 0.6 is 25.0 Å². The quantitative estimate of drug-likeness (QED) is 0.675. The van der Waals surface area contributed by atoms with E-state index in [-0.39, 0.29) is 13.5 Å². The van der Waals surface area contributed by atoms with E-state index < -0.39 is 25.0 Å². The Morgan fingerprint density at radius 1 is 1.00 bits per heavy atom. The predicted molar refractivity (Wildman–Crippen MR) is 72.8 cm³/mol. The maximum Gasteiger partial charge on any atom is 0.700 e. The van der Waals surface area contributed by atoms with Crippen LogP contribution in [0.25, 0.3) is 0 Å². The summed E-state index contributed by atoms with van der Waals surface area (Å²) >= 11 is 0. The van der Waals surface area contributed by atoms with Crippen molar-refractivity contribution in [2.24, 2.45) is 0 Å². The van der Waals surface area contributed by atoms with Crippen LogP contribution in [0.4, 0.5) is 0 Å². The number of hydrogen-bond acceptors (Lipinski definition) is 9. The Hall–Kier alpha value is 0.640. The van der Waals surface area contributed by atoms with Crippen molar-refractivity contribution < 1.29 is 32.4 Å². The maximum absolute atomic E-state index is 11.6. The van der Waals surface area contributed by atoms with Crippen LogP contribution in [-0.2, 0) is 22.7 Å². The van der Waals surface area contributed by atoms with Crippen molar-refractivity contribution in [2.75, 3.05) is 52.3 Å². The molecule has 2 unspecified atom stereocenters. The Morgan fingerprint density at radius 2 is 1.45 bits per heavy atom. The summed E-state index contributed by atoms with van der Waals surface area (Å²) in [6.45, 7) is 2.40. The second-order valence-electron chi connectivity index (χ2n) is 4.18. The molecule has 2 atom stereocenters. The van der Waals surface area contributed by atoms with E-state index in [2.05, 4.69) is 0 Å². The topological polar surface area (TPSA) is 101 Å². The van der Waals surface area contributed by atoms with Gasteiger partial charge < -0.3 is 18.8 Å². The SMILES string of the molecule is O=[P+](OCN1CCOP(O)C1)OCN1CCOP(O)C1. The molecule has 2 aliphatic heterocycles. The second kappa shape index (κ2) is 8.93. The van der Waals surface area contributed by atoms with Gasteiger partial charge in [-0.25, -0.2) is 0 Å². The molecule has 0 bridgehead atoms. The summed E-state index contributed by atoms with van der Waals surface area (Å²) in [5.41, 5.74) is 0. The summed E-state index contributed by atoms with van der Waals surface area (Å²) in [6, 6.07) is 0. The standard InChI is InChI=1S/C8H18N2O7P3/c11-18-7-9(1-3-14-18)5-16-20(13)17-6-10-2-4-15-19(12)8-10/h11-12H,1-8H2/q+1. The van der Waals surface area contributed by atoms with Gasteiger partial charge in [-0.2, -0.15) is 0 Å². The smallest absolute Gasteiger partial charge is 0.349 e. The van der Waals surface area contributed by atoms with E-state index in [1.807, 2.05) is 9.80 Å². The van der Waals surface area contributed by atoms with Gasteiger partial charge in [-0.1, -0.05) is 0 Å². The lowest BCUT2D eigenvalue weighted by Crippen LogP contribution is -2.34. The Labute approximate surface area is 120 Å². The number of hydrogen-bond donors (Lipinski definition) is 2. The largest absolute Gasteiger partial charge is 0.700 e. The molecule has 0 amide bonds. The van der Waals surface area contributed by atoms with E-state index in [4.69, 9.17) is 18.1 Å². The highest BCUT2D eigenvalue weighted by Gasteiger charge is 2.28. The molecule has 9 nitrogen and oxygen atoms in total. The van der Waals surface area contributed by atoms with Crippen LogP contribution in [0.5, 0.6) is 0 Å². The minimum Gasteiger partial charge on any atom is -0.349 e. The molecule has 0 aromatic heterocycles. The molecule has 2 heterocycles. The van der Waals surface area contributed by atoms with Crippen LogP contribution in [0.15, 0.2) is 0 Å². The highest BCUT2D eigenvalue weighted by molar-refractivity contribution is 7.46. The van der Waals surface area contributed by atoms with Crippen molar-refractivity contribution in [3.8, 4) is 0 Å². The highest BCUT2D eigenvalue weighted by Crippen LogP contribution is 2.37. The fourth-order valence-electron chi connectivity index (χ4n) is 1.62. The van der Waals surface area contributed by atoms with Gasteiger partial charge in [0.05, 0.1) is 25.8 Å². The van der Waals surface area contributed by atoms with Crippen molar-refractivity contribution in [1.82, 2.24) is 9.80 Å². The Morgan fingerprint density at radius 3 is 1.85 bits per heavy atom. The molecule has 2 rings (SSSR count). The van der Waals surface area contributed by atoms with Crippen molar-refractivity contribution in [3.63, 3.8) is 0 Å². The molecule has 0 spiro atoms. The molecule has 0 saturated carbocycles. The zero-order valence-electron chi connectivity index (χ0n) is 10.8.